The Hall–Kier alpha value is -1.25. The number of phosphoric acid groups is 1. The minimum Gasteiger partial charge on any atom is -0.462 e. The molecule has 0 radical (unpaired) electrons. The molecule has 2 unspecified atom stereocenters. The molecule has 0 aromatic carbocycles. The number of allylic oxidation sites excluding steroid dienone is 2. The van der Waals surface area contributed by atoms with Crippen molar-refractivity contribution in [2.24, 2.45) is 5.73 Å². The predicted octanol–water partition coefficient (Wildman–Crippen LogP) is 16.5. The highest BCUT2D eigenvalue weighted by molar-refractivity contribution is 7.47. The number of phosphoric ester groups is 1. The van der Waals surface area contributed by atoms with Gasteiger partial charge in [0, 0.05) is 19.4 Å². The molecule has 0 aliphatic carbocycles. The van der Waals surface area contributed by atoms with Crippen LogP contribution in [0.1, 0.15) is 284 Å². The second-order valence-electron chi connectivity index (χ2n) is 18.5. The SMILES string of the molecule is CCCCCCCC/C=C\CCCCCCCCCCCC(=O)OC(COC(=O)CCCCCCCCCCCCCCCCCCCCCCCCC)COP(=O)(O)OCCN. The van der Waals surface area contributed by atoms with E-state index in [1.54, 1.807) is 0 Å². The molecule has 2 atom stereocenters. The quantitative estimate of drug-likeness (QED) is 0.0265. The Morgan fingerprint density at radius 2 is 0.778 bits per heavy atom. The number of esters is 2. The zero-order valence-electron chi connectivity index (χ0n) is 41.6. The van der Waals surface area contributed by atoms with Gasteiger partial charge in [0.05, 0.1) is 13.2 Å². The first-order valence-electron chi connectivity index (χ1n) is 27.2. The molecule has 0 saturated heterocycles. The molecule has 0 aromatic heterocycles. The van der Waals surface area contributed by atoms with Crippen LogP contribution in [0.15, 0.2) is 12.2 Å². The van der Waals surface area contributed by atoms with Gasteiger partial charge in [-0.05, 0) is 38.5 Å². The van der Waals surface area contributed by atoms with E-state index in [1.165, 1.54) is 212 Å². The summed E-state index contributed by atoms with van der Waals surface area (Å²) in [5.74, 6) is -0.812. The van der Waals surface area contributed by atoms with Gasteiger partial charge in [0.2, 0.25) is 0 Å². The fraction of sp³-hybridized carbons (Fsp3) is 0.925. The number of carbonyl (C=O) groups excluding carboxylic acids is 2. The van der Waals surface area contributed by atoms with Crippen molar-refractivity contribution in [3.05, 3.63) is 12.2 Å². The van der Waals surface area contributed by atoms with E-state index in [9.17, 15) is 19.0 Å². The van der Waals surface area contributed by atoms with Crippen molar-refractivity contribution >= 4 is 19.8 Å². The maximum atomic E-state index is 12.7. The van der Waals surface area contributed by atoms with Crippen molar-refractivity contribution in [2.75, 3.05) is 26.4 Å². The molecule has 0 aliphatic heterocycles. The van der Waals surface area contributed by atoms with Crippen LogP contribution in [0, 0.1) is 0 Å². The highest BCUT2D eigenvalue weighted by atomic mass is 31.2. The van der Waals surface area contributed by atoms with E-state index in [-0.39, 0.29) is 38.6 Å². The van der Waals surface area contributed by atoms with Crippen molar-refractivity contribution in [2.45, 2.75) is 290 Å². The van der Waals surface area contributed by atoms with Crippen LogP contribution in [-0.4, -0.2) is 49.3 Å². The number of carbonyl (C=O) groups is 2. The fourth-order valence-electron chi connectivity index (χ4n) is 8.10. The van der Waals surface area contributed by atoms with E-state index in [4.69, 9.17) is 24.3 Å². The van der Waals surface area contributed by atoms with Gasteiger partial charge < -0.3 is 20.1 Å². The minimum absolute atomic E-state index is 0.0563. The number of hydrogen-bond donors (Lipinski definition) is 2. The van der Waals surface area contributed by atoms with E-state index >= 15 is 0 Å². The number of nitrogens with two attached hydrogens (primary N) is 1. The summed E-state index contributed by atoms with van der Waals surface area (Å²) in [6.45, 7) is 3.79. The Kier molecular flexibility index (Phi) is 49.2. The molecule has 63 heavy (non-hydrogen) atoms. The third-order valence-corrected chi connectivity index (χ3v) is 13.1. The summed E-state index contributed by atoms with van der Waals surface area (Å²) in [6, 6.07) is 0. The van der Waals surface area contributed by atoms with Gasteiger partial charge >= 0.3 is 19.8 Å². The first kappa shape index (κ1) is 61.8. The molecular weight excluding hydrogens is 810 g/mol. The first-order valence-corrected chi connectivity index (χ1v) is 28.7. The van der Waals surface area contributed by atoms with E-state index in [1.807, 2.05) is 0 Å². The lowest BCUT2D eigenvalue weighted by Crippen LogP contribution is -2.29. The van der Waals surface area contributed by atoms with Crippen LogP contribution < -0.4 is 5.73 Å². The van der Waals surface area contributed by atoms with Crippen LogP contribution in [0.3, 0.4) is 0 Å². The summed E-state index contributed by atoms with van der Waals surface area (Å²) in [4.78, 5) is 35.1. The minimum atomic E-state index is -4.38. The van der Waals surface area contributed by atoms with E-state index in [0.29, 0.717) is 6.42 Å². The third kappa shape index (κ3) is 50.0. The van der Waals surface area contributed by atoms with Crippen molar-refractivity contribution < 1.29 is 37.6 Å². The molecule has 0 aromatic rings. The smallest absolute Gasteiger partial charge is 0.462 e. The van der Waals surface area contributed by atoms with Gasteiger partial charge in [-0.3, -0.25) is 18.6 Å². The average molecular weight is 914 g/mol. The second-order valence-corrected chi connectivity index (χ2v) is 19.9. The number of ether oxygens (including phenoxy) is 2. The van der Waals surface area contributed by atoms with Crippen molar-refractivity contribution in [1.29, 1.82) is 0 Å². The summed E-state index contributed by atoms with van der Waals surface area (Å²) < 4.78 is 33.0. The zero-order chi connectivity index (χ0) is 46.0. The molecule has 0 spiro atoms. The molecule has 0 rings (SSSR count). The highest BCUT2D eigenvalue weighted by Gasteiger charge is 2.26. The Bertz CT molecular complexity index is 1040. The summed E-state index contributed by atoms with van der Waals surface area (Å²) in [5.41, 5.74) is 5.37. The van der Waals surface area contributed by atoms with Gasteiger partial charge in [-0.15, -0.1) is 0 Å². The summed E-state index contributed by atoms with van der Waals surface area (Å²) in [6.07, 6.45) is 55.4. The third-order valence-electron chi connectivity index (χ3n) is 12.2. The topological polar surface area (TPSA) is 134 Å². The molecule has 0 bridgehead atoms. The molecule has 0 fully saturated rings. The maximum absolute atomic E-state index is 12.7. The Labute approximate surface area is 389 Å². The van der Waals surface area contributed by atoms with Gasteiger partial charge in [-0.1, -0.05) is 244 Å². The molecule has 0 amide bonds. The van der Waals surface area contributed by atoms with Crippen molar-refractivity contribution in [1.82, 2.24) is 0 Å². The van der Waals surface area contributed by atoms with Crippen molar-refractivity contribution in [3.8, 4) is 0 Å². The molecule has 10 heteroatoms. The van der Waals surface area contributed by atoms with E-state index < -0.39 is 26.5 Å². The molecule has 3 N–H and O–H groups in total. The van der Waals surface area contributed by atoms with Gasteiger partial charge in [0.1, 0.15) is 6.61 Å². The maximum Gasteiger partial charge on any atom is 0.472 e. The summed E-state index contributed by atoms with van der Waals surface area (Å²) in [5, 5.41) is 0. The predicted molar refractivity (Wildman–Crippen MR) is 266 cm³/mol. The molecule has 374 valence electrons. The van der Waals surface area contributed by atoms with Crippen LogP contribution >= 0.6 is 7.82 Å². The van der Waals surface area contributed by atoms with Crippen LogP contribution in [0.2, 0.25) is 0 Å². The lowest BCUT2D eigenvalue weighted by atomic mass is 10.0. The highest BCUT2D eigenvalue weighted by Crippen LogP contribution is 2.43. The van der Waals surface area contributed by atoms with Crippen LogP contribution in [-0.2, 0) is 32.7 Å². The van der Waals surface area contributed by atoms with E-state index in [2.05, 4.69) is 26.0 Å². The van der Waals surface area contributed by atoms with Gasteiger partial charge in [0.15, 0.2) is 6.10 Å². The van der Waals surface area contributed by atoms with Crippen LogP contribution in [0.4, 0.5) is 0 Å². The summed E-state index contributed by atoms with van der Waals surface area (Å²) >= 11 is 0. The van der Waals surface area contributed by atoms with Gasteiger partial charge in [-0.2, -0.15) is 0 Å². The number of hydrogen-bond acceptors (Lipinski definition) is 8. The molecule has 0 heterocycles. The second kappa shape index (κ2) is 50.2. The monoisotopic (exact) mass is 914 g/mol. The van der Waals surface area contributed by atoms with Gasteiger partial charge in [-0.25, -0.2) is 4.57 Å². The number of rotatable bonds is 52. The Morgan fingerprint density at radius 1 is 0.460 bits per heavy atom. The molecule has 9 nitrogen and oxygen atoms in total. The van der Waals surface area contributed by atoms with Crippen LogP contribution in [0.5, 0.6) is 0 Å². The summed E-state index contributed by atoms with van der Waals surface area (Å²) in [7, 11) is -4.38. The Morgan fingerprint density at radius 3 is 1.13 bits per heavy atom. The lowest BCUT2D eigenvalue weighted by Gasteiger charge is -2.19. The standard InChI is InChI=1S/C53H104NO8P/c1-3-5-7-9-11-13-15-17-19-21-23-24-25-26-28-29-31-33-35-37-39-41-43-45-52(55)59-49-51(50-61-63(57,58)60-48-47-54)62-53(56)46-44-42-40-38-36-34-32-30-27-22-20-18-16-14-12-10-8-6-4-2/h18,20,51H,3-17,19,21-50,54H2,1-2H3,(H,57,58)/b20-18-. The normalized spacial score (nSPS) is 13.1. The largest absolute Gasteiger partial charge is 0.472 e. The number of unbranched alkanes of at least 4 members (excludes halogenated alkanes) is 37. The van der Waals surface area contributed by atoms with Crippen molar-refractivity contribution in [3.63, 3.8) is 0 Å². The Balaban J connectivity index is 3.96. The molecule has 0 aliphatic rings. The first-order chi connectivity index (χ1) is 30.8. The fourth-order valence-corrected chi connectivity index (χ4v) is 8.87. The molecular formula is C53H104NO8P. The van der Waals surface area contributed by atoms with E-state index in [0.717, 1.165) is 38.5 Å². The molecule has 0 saturated carbocycles. The zero-order valence-corrected chi connectivity index (χ0v) is 42.5. The van der Waals surface area contributed by atoms with Crippen LogP contribution in [0.25, 0.3) is 0 Å². The lowest BCUT2D eigenvalue weighted by molar-refractivity contribution is -0.161. The van der Waals surface area contributed by atoms with Gasteiger partial charge in [0.25, 0.3) is 0 Å². The average Bonchev–Trinajstić information content (AvgIpc) is 3.27.